The summed E-state index contributed by atoms with van der Waals surface area (Å²) >= 11 is 1.69. The van der Waals surface area contributed by atoms with Gasteiger partial charge in [0.05, 0.1) is 19.4 Å². The Morgan fingerprint density at radius 3 is 2.83 bits per heavy atom. The number of hydrogen-bond donors (Lipinski definition) is 1. The molecular formula is C18H19NO3S. The number of fused-ring (bicyclic) bond motifs is 1. The highest BCUT2D eigenvalue weighted by atomic mass is 32.2. The van der Waals surface area contributed by atoms with Gasteiger partial charge < -0.3 is 14.8 Å². The largest absolute Gasteiger partial charge is 0.493 e. The molecule has 0 aromatic heterocycles. The first-order valence-corrected chi connectivity index (χ1v) is 8.45. The lowest BCUT2D eigenvalue weighted by Gasteiger charge is -2.16. The van der Waals surface area contributed by atoms with E-state index in [1.54, 1.807) is 18.9 Å². The maximum absolute atomic E-state index is 12.2. The number of para-hydroxylation sites is 1. The highest BCUT2D eigenvalue weighted by molar-refractivity contribution is 7.99. The van der Waals surface area contributed by atoms with Crippen molar-refractivity contribution in [2.75, 3.05) is 19.0 Å². The zero-order chi connectivity index (χ0) is 16.2. The van der Waals surface area contributed by atoms with E-state index in [1.807, 2.05) is 49.4 Å². The van der Waals surface area contributed by atoms with Crippen LogP contribution in [0, 0.1) is 0 Å². The van der Waals surface area contributed by atoms with Crippen molar-refractivity contribution >= 4 is 23.4 Å². The Morgan fingerprint density at radius 2 is 2.04 bits per heavy atom. The van der Waals surface area contributed by atoms with Gasteiger partial charge in [-0.25, -0.2) is 0 Å². The smallest absolute Gasteiger partial charge is 0.225 e. The van der Waals surface area contributed by atoms with Crippen LogP contribution in [0.25, 0.3) is 0 Å². The molecule has 1 unspecified atom stereocenters. The van der Waals surface area contributed by atoms with Gasteiger partial charge in [0.1, 0.15) is 0 Å². The number of benzene rings is 2. The second-order valence-electron chi connectivity index (χ2n) is 5.20. The molecule has 3 rings (SSSR count). The third-order valence-electron chi connectivity index (χ3n) is 3.66. The Hall–Kier alpha value is -2.14. The Kier molecular flexibility index (Phi) is 4.76. The maximum atomic E-state index is 12.2. The minimum absolute atomic E-state index is 0.0281. The zero-order valence-electron chi connectivity index (χ0n) is 13.2. The lowest BCUT2D eigenvalue weighted by Crippen LogP contribution is -2.12. The number of ether oxygens (including phenoxy) is 2. The molecule has 120 valence electrons. The van der Waals surface area contributed by atoms with E-state index >= 15 is 0 Å². The van der Waals surface area contributed by atoms with Gasteiger partial charge in [-0.05, 0) is 36.8 Å². The Morgan fingerprint density at radius 1 is 1.22 bits per heavy atom. The predicted octanol–water partition coefficient (Wildman–Crippen LogP) is 4.27. The number of anilines is 1. The van der Waals surface area contributed by atoms with E-state index in [-0.39, 0.29) is 11.2 Å². The van der Waals surface area contributed by atoms with Gasteiger partial charge in [0, 0.05) is 16.6 Å². The van der Waals surface area contributed by atoms with E-state index in [0.717, 1.165) is 21.9 Å². The second-order valence-corrected chi connectivity index (χ2v) is 6.44. The molecule has 2 aromatic rings. The molecule has 0 saturated carbocycles. The van der Waals surface area contributed by atoms with Crippen LogP contribution in [0.3, 0.4) is 0 Å². The van der Waals surface area contributed by atoms with Crippen molar-refractivity contribution in [2.45, 2.75) is 23.5 Å². The molecule has 4 nitrogen and oxygen atoms in total. The average Bonchev–Trinajstić information content (AvgIpc) is 2.73. The van der Waals surface area contributed by atoms with Crippen LogP contribution < -0.4 is 14.8 Å². The van der Waals surface area contributed by atoms with Gasteiger partial charge in [-0.1, -0.05) is 18.2 Å². The molecule has 0 radical (unpaired) electrons. The minimum Gasteiger partial charge on any atom is -0.493 e. The van der Waals surface area contributed by atoms with Crippen molar-refractivity contribution in [3.8, 4) is 11.5 Å². The Labute approximate surface area is 140 Å². The fourth-order valence-electron chi connectivity index (χ4n) is 2.58. The van der Waals surface area contributed by atoms with Gasteiger partial charge in [0.25, 0.3) is 0 Å². The molecule has 1 aliphatic heterocycles. The Balaban J connectivity index is 1.93. The lowest BCUT2D eigenvalue weighted by atomic mass is 10.1. The van der Waals surface area contributed by atoms with Crippen LogP contribution in [-0.2, 0) is 4.79 Å². The number of hydrogen-bond acceptors (Lipinski definition) is 4. The first kappa shape index (κ1) is 15.7. The normalized spacial score (nSPS) is 17.0. The summed E-state index contributed by atoms with van der Waals surface area (Å²) < 4.78 is 11.0. The average molecular weight is 329 g/mol. The number of nitrogens with one attached hydrogen (secondary N) is 1. The summed E-state index contributed by atoms with van der Waals surface area (Å²) in [6.45, 7) is 2.53. The van der Waals surface area contributed by atoms with Crippen molar-refractivity contribution in [3.05, 3.63) is 48.0 Å². The number of thioether (sulfide) groups is 1. The molecule has 0 saturated heterocycles. The van der Waals surface area contributed by atoms with E-state index in [9.17, 15) is 4.79 Å². The summed E-state index contributed by atoms with van der Waals surface area (Å²) in [6.07, 6.45) is 0.427. The van der Waals surface area contributed by atoms with E-state index in [2.05, 4.69) is 5.32 Å². The summed E-state index contributed by atoms with van der Waals surface area (Å²) in [5.41, 5.74) is 1.94. The Bertz CT molecular complexity index is 717. The monoisotopic (exact) mass is 329 g/mol. The third-order valence-corrected chi connectivity index (χ3v) is 4.99. The van der Waals surface area contributed by atoms with Crippen LogP contribution in [0.5, 0.6) is 11.5 Å². The van der Waals surface area contributed by atoms with E-state index in [4.69, 9.17) is 9.47 Å². The molecule has 2 aromatic carbocycles. The molecule has 5 heteroatoms. The minimum atomic E-state index is 0.0281. The standard InChI is InChI=1S/C18H19NO3S/c1-3-22-14-9-8-12(10-15(14)21-2)17-11-18(20)19-13-6-4-5-7-16(13)23-17/h4-10,17H,3,11H2,1-2H3,(H,19,20). The van der Waals surface area contributed by atoms with Crippen molar-refractivity contribution in [1.29, 1.82) is 0 Å². The van der Waals surface area contributed by atoms with Crippen LogP contribution in [-0.4, -0.2) is 19.6 Å². The van der Waals surface area contributed by atoms with Gasteiger partial charge in [0.2, 0.25) is 5.91 Å². The topological polar surface area (TPSA) is 47.6 Å². The highest BCUT2D eigenvalue weighted by Crippen LogP contribution is 2.45. The molecule has 0 aliphatic carbocycles. The van der Waals surface area contributed by atoms with Crippen molar-refractivity contribution in [1.82, 2.24) is 0 Å². The van der Waals surface area contributed by atoms with Gasteiger partial charge >= 0.3 is 0 Å². The molecule has 1 heterocycles. The van der Waals surface area contributed by atoms with Gasteiger partial charge in [0.15, 0.2) is 11.5 Å². The van der Waals surface area contributed by atoms with Gasteiger partial charge in [-0.15, -0.1) is 11.8 Å². The van der Waals surface area contributed by atoms with Crippen LogP contribution in [0.4, 0.5) is 5.69 Å². The maximum Gasteiger partial charge on any atom is 0.225 e. The van der Waals surface area contributed by atoms with Crippen LogP contribution in [0.15, 0.2) is 47.4 Å². The summed E-state index contributed by atoms with van der Waals surface area (Å²) in [5.74, 6) is 1.45. The first-order valence-electron chi connectivity index (χ1n) is 7.57. The van der Waals surface area contributed by atoms with Gasteiger partial charge in [-0.3, -0.25) is 4.79 Å². The second kappa shape index (κ2) is 6.96. The van der Waals surface area contributed by atoms with Crippen molar-refractivity contribution in [2.24, 2.45) is 0 Å². The lowest BCUT2D eigenvalue weighted by molar-refractivity contribution is -0.116. The first-order chi connectivity index (χ1) is 11.2. The highest BCUT2D eigenvalue weighted by Gasteiger charge is 2.24. The number of methoxy groups -OCH3 is 1. The van der Waals surface area contributed by atoms with E-state index in [0.29, 0.717) is 18.8 Å². The number of carbonyl (C=O) groups is 1. The van der Waals surface area contributed by atoms with Gasteiger partial charge in [-0.2, -0.15) is 0 Å². The summed E-state index contributed by atoms with van der Waals surface area (Å²) in [6, 6.07) is 13.8. The van der Waals surface area contributed by atoms with Crippen LogP contribution in [0.2, 0.25) is 0 Å². The molecule has 1 atom stereocenters. The molecular weight excluding hydrogens is 310 g/mol. The zero-order valence-corrected chi connectivity index (χ0v) is 14.0. The quantitative estimate of drug-likeness (QED) is 0.910. The number of rotatable bonds is 4. The molecule has 1 amide bonds. The number of amides is 1. The fourth-order valence-corrected chi connectivity index (χ4v) is 3.81. The molecule has 1 aliphatic rings. The van der Waals surface area contributed by atoms with Crippen molar-refractivity contribution in [3.63, 3.8) is 0 Å². The molecule has 1 N–H and O–H groups in total. The predicted molar refractivity (Wildman–Crippen MR) is 92.4 cm³/mol. The summed E-state index contributed by atoms with van der Waals surface area (Å²) in [7, 11) is 1.63. The molecule has 0 bridgehead atoms. The fraction of sp³-hybridized carbons (Fsp3) is 0.278. The summed E-state index contributed by atoms with van der Waals surface area (Å²) in [4.78, 5) is 13.3. The third kappa shape index (κ3) is 3.45. The molecule has 0 fully saturated rings. The molecule has 0 spiro atoms. The van der Waals surface area contributed by atoms with Crippen LogP contribution in [0.1, 0.15) is 24.2 Å². The SMILES string of the molecule is CCOc1ccc(C2CC(=O)Nc3ccccc3S2)cc1OC. The van der Waals surface area contributed by atoms with Crippen molar-refractivity contribution < 1.29 is 14.3 Å². The number of carbonyl (C=O) groups excluding carboxylic acids is 1. The van der Waals surface area contributed by atoms with E-state index < -0.39 is 0 Å². The van der Waals surface area contributed by atoms with Crippen LogP contribution >= 0.6 is 11.8 Å². The summed E-state index contributed by atoms with van der Waals surface area (Å²) in [5, 5.41) is 3.01. The van der Waals surface area contributed by atoms with E-state index in [1.165, 1.54) is 0 Å². The molecule has 23 heavy (non-hydrogen) atoms.